The van der Waals surface area contributed by atoms with Gasteiger partial charge in [0.2, 0.25) is 5.91 Å². The van der Waals surface area contributed by atoms with Gasteiger partial charge in [-0.1, -0.05) is 12.1 Å². The number of carbonyl (C=O) groups is 1. The van der Waals surface area contributed by atoms with E-state index in [0.717, 1.165) is 24.7 Å². The lowest BCUT2D eigenvalue weighted by Crippen LogP contribution is -2.21. The number of hydrogen-bond acceptors (Lipinski definition) is 3. The van der Waals surface area contributed by atoms with Crippen LogP contribution in [0, 0.1) is 0 Å². The van der Waals surface area contributed by atoms with Gasteiger partial charge in [-0.05, 0) is 30.5 Å². The molecule has 0 heterocycles. The van der Waals surface area contributed by atoms with Crippen LogP contribution < -0.4 is 5.32 Å². The van der Waals surface area contributed by atoms with Crippen molar-refractivity contribution in [1.29, 1.82) is 0 Å². The van der Waals surface area contributed by atoms with Crippen LogP contribution in [0.1, 0.15) is 12.0 Å². The predicted octanol–water partition coefficient (Wildman–Crippen LogP) is 1.84. The molecule has 6 heteroatoms. The lowest BCUT2D eigenvalue weighted by atomic mass is 10.1. The Hall–Kier alpha value is -1.07. The molecule has 0 fully saturated rings. The Morgan fingerprint density at radius 2 is 2.11 bits per heavy atom. The van der Waals surface area contributed by atoms with Crippen molar-refractivity contribution in [3.63, 3.8) is 0 Å². The summed E-state index contributed by atoms with van der Waals surface area (Å²) in [5, 5.41) is 2.56. The maximum absolute atomic E-state index is 11.4. The highest BCUT2D eigenvalue weighted by atomic mass is 35.5. The molecule has 1 rings (SSSR count). The molecule has 0 aliphatic heterocycles. The molecule has 1 N–H and O–H groups in total. The molecule has 0 radical (unpaired) electrons. The molecule has 0 aliphatic rings. The molecule has 18 heavy (non-hydrogen) atoms. The number of anilines is 1. The van der Waals surface area contributed by atoms with Crippen LogP contribution in [0.15, 0.2) is 24.3 Å². The van der Waals surface area contributed by atoms with E-state index in [1.165, 1.54) is 0 Å². The average molecular weight is 290 g/mol. The first-order valence-corrected chi connectivity index (χ1v) is 8.13. The summed E-state index contributed by atoms with van der Waals surface area (Å²) in [6, 6.07) is 7.31. The van der Waals surface area contributed by atoms with Crippen LogP contribution in [0.4, 0.5) is 5.69 Å². The first-order chi connectivity index (χ1) is 8.40. The van der Waals surface area contributed by atoms with Crippen LogP contribution in [0.25, 0.3) is 0 Å². The van der Waals surface area contributed by atoms with Gasteiger partial charge in [0.25, 0.3) is 0 Å². The van der Waals surface area contributed by atoms with Crippen LogP contribution >= 0.6 is 11.6 Å². The highest BCUT2D eigenvalue weighted by Gasteiger charge is 2.10. The van der Waals surface area contributed by atoms with Crippen LogP contribution in [0.2, 0.25) is 0 Å². The van der Waals surface area contributed by atoms with E-state index in [-0.39, 0.29) is 0 Å². The molecule has 100 valence electrons. The minimum absolute atomic E-state index is 0.501. The Labute approximate surface area is 112 Å². The lowest BCUT2D eigenvalue weighted by molar-refractivity contribution is -0.113. The molecule has 0 saturated carbocycles. The number of rotatable bonds is 6. The van der Waals surface area contributed by atoms with Crippen LogP contribution in [0.3, 0.4) is 0 Å². The fraction of sp³-hybridized carbons (Fsp3) is 0.417. The van der Waals surface area contributed by atoms with Gasteiger partial charge >= 0.3 is 0 Å². The van der Waals surface area contributed by atoms with Gasteiger partial charge in [0, 0.05) is 17.8 Å². The van der Waals surface area contributed by atoms with E-state index in [9.17, 15) is 13.2 Å². The third-order valence-electron chi connectivity index (χ3n) is 2.20. The number of aryl methyl sites for hydroxylation is 1. The second kappa shape index (κ2) is 6.75. The summed E-state index contributed by atoms with van der Waals surface area (Å²) in [5.41, 5.74) is 1.67. The first kappa shape index (κ1) is 15.0. The Morgan fingerprint density at radius 3 is 2.72 bits per heavy atom. The van der Waals surface area contributed by atoms with E-state index in [4.69, 9.17) is 11.6 Å². The number of benzene rings is 1. The third kappa shape index (κ3) is 6.02. The fourth-order valence-electron chi connectivity index (χ4n) is 1.51. The van der Waals surface area contributed by atoms with Crippen molar-refractivity contribution in [2.75, 3.05) is 23.2 Å². The molecule has 0 saturated heterocycles. The number of sulfone groups is 1. The molecule has 0 spiro atoms. The van der Waals surface area contributed by atoms with Gasteiger partial charge in [0.1, 0.15) is 5.75 Å². The van der Waals surface area contributed by atoms with Gasteiger partial charge in [-0.2, -0.15) is 0 Å². The predicted molar refractivity (Wildman–Crippen MR) is 73.8 cm³/mol. The smallest absolute Gasteiger partial charge is 0.239 e. The summed E-state index contributed by atoms with van der Waals surface area (Å²) in [4.78, 5) is 11.4. The highest BCUT2D eigenvalue weighted by Crippen LogP contribution is 2.12. The van der Waals surface area contributed by atoms with Gasteiger partial charge < -0.3 is 5.32 Å². The van der Waals surface area contributed by atoms with Crippen molar-refractivity contribution in [3.05, 3.63) is 29.8 Å². The topological polar surface area (TPSA) is 63.2 Å². The zero-order chi connectivity index (χ0) is 13.6. The van der Waals surface area contributed by atoms with Crippen molar-refractivity contribution in [2.45, 2.75) is 12.8 Å². The van der Waals surface area contributed by atoms with Crippen LogP contribution in [-0.4, -0.2) is 32.2 Å². The zero-order valence-corrected chi connectivity index (χ0v) is 11.7. The van der Waals surface area contributed by atoms with E-state index in [2.05, 4.69) is 5.32 Å². The molecule has 0 aromatic heterocycles. The summed E-state index contributed by atoms with van der Waals surface area (Å²) >= 11 is 5.61. The number of halogens is 1. The summed E-state index contributed by atoms with van der Waals surface area (Å²) in [5.74, 6) is -0.434. The molecular weight excluding hydrogens is 274 g/mol. The maximum Gasteiger partial charge on any atom is 0.239 e. The summed E-state index contributed by atoms with van der Waals surface area (Å²) in [6.07, 6.45) is 2.73. The molecule has 0 unspecified atom stereocenters. The minimum Gasteiger partial charge on any atom is -0.325 e. The fourth-order valence-corrected chi connectivity index (χ4v) is 2.19. The van der Waals surface area contributed by atoms with Crippen LogP contribution in [-0.2, 0) is 21.1 Å². The average Bonchev–Trinajstić information content (AvgIpc) is 2.24. The molecular formula is C12H16ClNO3S. The quantitative estimate of drug-likeness (QED) is 0.813. The first-order valence-electron chi connectivity index (χ1n) is 5.53. The maximum atomic E-state index is 11.4. The highest BCUT2D eigenvalue weighted by molar-refractivity contribution is 7.91. The number of nitrogens with one attached hydrogen (secondary N) is 1. The standard InChI is InChI=1S/C12H16ClNO3S/c1-18(16,17)9-12(15)14-11-6-2-4-10(8-11)5-3-7-13/h2,4,6,8H,3,5,7,9H2,1H3,(H,14,15). The lowest BCUT2D eigenvalue weighted by Gasteiger charge is -2.06. The van der Waals surface area contributed by atoms with Gasteiger partial charge in [0.05, 0.1) is 0 Å². The van der Waals surface area contributed by atoms with Crippen molar-refractivity contribution in [2.24, 2.45) is 0 Å². The van der Waals surface area contributed by atoms with Crippen molar-refractivity contribution in [3.8, 4) is 0 Å². The van der Waals surface area contributed by atoms with Gasteiger partial charge in [-0.15, -0.1) is 11.6 Å². The Kier molecular flexibility index (Phi) is 5.62. The largest absolute Gasteiger partial charge is 0.325 e. The monoisotopic (exact) mass is 289 g/mol. The molecule has 0 bridgehead atoms. The van der Waals surface area contributed by atoms with Gasteiger partial charge in [0.15, 0.2) is 9.84 Å². The third-order valence-corrected chi connectivity index (χ3v) is 3.26. The van der Waals surface area contributed by atoms with Crippen molar-refractivity contribution < 1.29 is 13.2 Å². The Bertz CT molecular complexity index is 514. The van der Waals surface area contributed by atoms with E-state index >= 15 is 0 Å². The van der Waals surface area contributed by atoms with E-state index in [1.54, 1.807) is 6.07 Å². The molecule has 0 atom stereocenters. The van der Waals surface area contributed by atoms with Crippen molar-refractivity contribution >= 4 is 33.0 Å². The van der Waals surface area contributed by atoms with E-state index < -0.39 is 21.5 Å². The normalized spacial score (nSPS) is 11.2. The Balaban J connectivity index is 2.64. The summed E-state index contributed by atoms with van der Waals surface area (Å²) < 4.78 is 21.9. The van der Waals surface area contributed by atoms with Gasteiger partial charge in [-0.25, -0.2) is 8.42 Å². The second-order valence-corrected chi connectivity index (χ2v) is 6.63. The summed E-state index contributed by atoms with van der Waals surface area (Å²) in [7, 11) is -3.30. The SMILES string of the molecule is CS(=O)(=O)CC(=O)Nc1cccc(CCCCl)c1. The molecule has 1 aromatic carbocycles. The number of hydrogen-bond donors (Lipinski definition) is 1. The van der Waals surface area contributed by atoms with Crippen LogP contribution in [0.5, 0.6) is 0 Å². The molecule has 1 amide bonds. The Morgan fingerprint density at radius 1 is 1.39 bits per heavy atom. The molecule has 4 nitrogen and oxygen atoms in total. The zero-order valence-electron chi connectivity index (χ0n) is 10.1. The van der Waals surface area contributed by atoms with E-state index in [1.807, 2.05) is 18.2 Å². The second-order valence-electron chi connectivity index (χ2n) is 4.11. The molecule has 1 aromatic rings. The van der Waals surface area contributed by atoms with Crippen molar-refractivity contribution in [1.82, 2.24) is 0 Å². The van der Waals surface area contributed by atoms with E-state index in [0.29, 0.717) is 11.6 Å². The van der Waals surface area contributed by atoms with Gasteiger partial charge in [-0.3, -0.25) is 4.79 Å². The number of carbonyl (C=O) groups excluding carboxylic acids is 1. The molecule has 0 aliphatic carbocycles. The number of amides is 1. The minimum atomic E-state index is -3.30. The number of alkyl halides is 1. The summed E-state index contributed by atoms with van der Waals surface area (Å²) in [6.45, 7) is 0.